The van der Waals surface area contributed by atoms with Crippen LogP contribution in [0.1, 0.15) is 18.1 Å². The van der Waals surface area contributed by atoms with Gasteiger partial charge in [0.1, 0.15) is 5.82 Å². The fourth-order valence-electron chi connectivity index (χ4n) is 1.81. The SMILES string of the molecule is C/C(=N\N=C(N)NC(=O)/C=C/c1ccccc1)c1ccc(F)cc1. The van der Waals surface area contributed by atoms with Gasteiger partial charge in [-0.2, -0.15) is 5.10 Å². The summed E-state index contributed by atoms with van der Waals surface area (Å²) in [6.07, 6.45) is 3.02. The van der Waals surface area contributed by atoms with Crippen molar-refractivity contribution in [1.82, 2.24) is 5.32 Å². The lowest BCUT2D eigenvalue weighted by atomic mass is 10.1. The summed E-state index contributed by atoms with van der Waals surface area (Å²) in [7, 11) is 0. The van der Waals surface area contributed by atoms with Gasteiger partial charge in [0, 0.05) is 6.08 Å². The second-order valence-electron chi connectivity index (χ2n) is 4.91. The molecule has 2 aromatic carbocycles. The molecular weight excluding hydrogens is 307 g/mol. The Morgan fingerprint density at radius 2 is 1.75 bits per heavy atom. The number of rotatable bonds is 4. The number of nitrogens with two attached hydrogens (primary N) is 1. The molecule has 0 saturated heterocycles. The second kappa shape index (κ2) is 8.38. The maximum absolute atomic E-state index is 12.9. The molecule has 0 aliphatic carbocycles. The molecule has 5 nitrogen and oxygen atoms in total. The van der Waals surface area contributed by atoms with Gasteiger partial charge in [0.25, 0.3) is 5.91 Å². The van der Waals surface area contributed by atoms with Gasteiger partial charge in [0.2, 0.25) is 5.96 Å². The lowest BCUT2D eigenvalue weighted by molar-refractivity contribution is -0.115. The van der Waals surface area contributed by atoms with Gasteiger partial charge in [0.15, 0.2) is 0 Å². The van der Waals surface area contributed by atoms with Crippen LogP contribution in [0.2, 0.25) is 0 Å². The van der Waals surface area contributed by atoms with Crippen molar-refractivity contribution in [2.75, 3.05) is 0 Å². The third-order valence-corrected chi connectivity index (χ3v) is 3.05. The fraction of sp³-hybridized carbons (Fsp3) is 0.0556. The van der Waals surface area contributed by atoms with Crippen molar-refractivity contribution in [2.45, 2.75) is 6.92 Å². The van der Waals surface area contributed by atoms with Crippen LogP contribution >= 0.6 is 0 Å². The topological polar surface area (TPSA) is 79.8 Å². The highest BCUT2D eigenvalue weighted by Crippen LogP contribution is 2.04. The molecule has 0 bridgehead atoms. The molecule has 3 N–H and O–H groups in total. The van der Waals surface area contributed by atoms with Gasteiger partial charge in [-0.25, -0.2) is 4.39 Å². The quantitative estimate of drug-likeness (QED) is 0.392. The third-order valence-electron chi connectivity index (χ3n) is 3.05. The predicted octanol–water partition coefficient (Wildman–Crippen LogP) is 2.69. The van der Waals surface area contributed by atoms with Crippen LogP contribution in [0.5, 0.6) is 0 Å². The molecule has 0 aromatic heterocycles. The van der Waals surface area contributed by atoms with Gasteiger partial charge < -0.3 is 5.73 Å². The van der Waals surface area contributed by atoms with Crippen LogP contribution in [0, 0.1) is 5.82 Å². The van der Waals surface area contributed by atoms with Crippen molar-refractivity contribution in [3.8, 4) is 0 Å². The zero-order chi connectivity index (χ0) is 17.4. The molecule has 0 aliphatic heterocycles. The number of hydrogen-bond acceptors (Lipinski definition) is 3. The van der Waals surface area contributed by atoms with E-state index < -0.39 is 5.91 Å². The Morgan fingerprint density at radius 1 is 1.08 bits per heavy atom. The fourth-order valence-corrected chi connectivity index (χ4v) is 1.81. The van der Waals surface area contributed by atoms with Crippen molar-refractivity contribution in [3.63, 3.8) is 0 Å². The summed E-state index contributed by atoms with van der Waals surface area (Å²) in [5.41, 5.74) is 7.77. The molecule has 0 radical (unpaired) electrons. The number of halogens is 1. The molecule has 0 spiro atoms. The Hall–Kier alpha value is -3.28. The van der Waals surface area contributed by atoms with E-state index in [4.69, 9.17) is 5.73 Å². The number of nitrogens with one attached hydrogen (secondary N) is 1. The van der Waals surface area contributed by atoms with Crippen LogP contribution < -0.4 is 11.1 Å². The molecule has 1 amide bonds. The summed E-state index contributed by atoms with van der Waals surface area (Å²) < 4.78 is 12.9. The first-order chi connectivity index (χ1) is 11.5. The zero-order valence-corrected chi connectivity index (χ0v) is 13.1. The molecule has 6 heteroatoms. The molecule has 0 unspecified atom stereocenters. The highest BCUT2D eigenvalue weighted by molar-refractivity contribution is 6.04. The number of guanidine groups is 1. The summed E-state index contributed by atoms with van der Waals surface area (Å²) in [6, 6.07) is 15.2. The number of amides is 1. The van der Waals surface area contributed by atoms with E-state index in [1.54, 1.807) is 25.1 Å². The van der Waals surface area contributed by atoms with Crippen LogP contribution in [0.4, 0.5) is 4.39 Å². The van der Waals surface area contributed by atoms with Gasteiger partial charge >= 0.3 is 0 Å². The van der Waals surface area contributed by atoms with Gasteiger partial charge in [-0.3, -0.25) is 10.1 Å². The summed E-state index contributed by atoms with van der Waals surface area (Å²) in [5.74, 6) is -0.860. The van der Waals surface area contributed by atoms with Gasteiger partial charge in [-0.05, 0) is 36.3 Å². The Balaban J connectivity index is 1.95. The summed E-state index contributed by atoms with van der Waals surface area (Å²) in [5, 5.41) is 10.1. The van der Waals surface area contributed by atoms with Crippen LogP contribution in [0.25, 0.3) is 6.08 Å². The number of carbonyl (C=O) groups is 1. The first-order valence-corrected chi connectivity index (χ1v) is 7.22. The first-order valence-electron chi connectivity index (χ1n) is 7.22. The standard InChI is InChI=1S/C18H17FN4O/c1-13(15-8-10-16(19)11-9-15)22-23-18(20)21-17(24)12-7-14-5-3-2-4-6-14/h2-12H,1H3,(H3,20,21,23,24)/b12-7+,22-13+. The van der Waals surface area contributed by atoms with E-state index in [0.29, 0.717) is 11.3 Å². The minimum Gasteiger partial charge on any atom is -0.368 e. The number of nitrogens with zero attached hydrogens (tertiary/aromatic N) is 2. The minimum atomic E-state index is -0.408. The average Bonchev–Trinajstić information content (AvgIpc) is 2.59. The predicted molar refractivity (Wildman–Crippen MR) is 93.9 cm³/mol. The summed E-state index contributed by atoms with van der Waals surface area (Å²) in [6.45, 7) is 1.71. The maximum Gasteiger partial charge on any atom is 0.250 e. The molecule has 0 atom stereocenters. The van der Waals surface area contributed by atoms with E-state index in [-0.39, 0.29) is 11.8 Å². The third kappa shape index (κ3) is 5.49. The largest absolute Gasteiger partial charge is 0.368 e. The molecule has 0 heterocycles. The van der Waals surface area contributed by atoms with Crippen molar-refractivity contribution in [1.29, 1.82) is 0 Å². The monoisotopic (exact) mass is 324 g/mol. The van der Waals surface area contributed by atoms with Gasteiger partial charge in [-0.1, -0.05) is 42.5 Å². The Morgan fingerprint density at radius 3 is 2.42 bits per heavy atom. The van der Waals surface area contributed by atoms with Crippen LogP contribution in [0.3, 0.4) is 0 Å². The van der Waals surface area contributed by atoms with E-state index in [0.717, 1.165) is 5.56 Å². The molecule has 0 aliphatic rings. The summed E-state index contributed by atoms with van der Waals surface area (Å²) in [4.78, 5) is 11.7. The zero-order valence-electron chi connectivity index (χ0n) is 13.1. The van der Waals surface area contributed by atoms with Crippen molar-refractivity contribution >= 4 is 23.7 Å². The Bertz CT molecular complexity index is 780. The van der Waals surface area contributed by atoms with E-state index in [1.165, 1.54) is 18.2 Å². The molecule has 0 saturated carbocycles. The number of carbonyl (C=O) groups excluding carboxylic acids is 1. The van der Waals surface area contributed by atoms with Crippen LogP contribution in [-0.2, 0) is 4.79 Å². The average molecular weight is 324 g/mol. The smallest absolute Gasteiger partial charge is 0.250 e. The van der Waals surface area contributed by atoms with Crippen LogP contribution in [0.15, 0.2) is 70.9 Å². The molecule has 2 aromatic rings. The van der Waals surface area contributed by atoms with E-state index >= 15 is 0 Å². The van der Waals surface area contributed by atoms with Gasteiger partial charge in [-0.15, -0.1) is 5.10 Å². The van der Waals surface area contributed by atoms with Crippen molar-refractivity contribution in [2.24, 2.45) is 15.9 Å². The Kier molecular flexibility index (Phi) is 5.96. The molecule has 2 rings (SSSR count). The molecule has 24 heavy (non-hydrogen) atoms. The highest BCUT2D eigenvalue weighted by atomic mass is 19.1. The number of hydrogen-bond donors (Lipinski definition) is 2. The first kappa shape index (κ1) is 17.1. The maximum atomic E-state index is 12.9. The van der Waals surface area contributed by atoms with Gasteiger partial charge in [0.05, 0.1) is 5.71 Å². The lowest BCUT2D eigenvalue weighted by Crippen LogP contribution is -2.35. The molecular formula is C18H17FN4O. The molecule has 0 fully saturated rings. The highest BCUT2D eigenvalue weighted by Gasteiger charge is 2.00. The van der Waals surface area contributed by atoms with Crippen LogP contribution in [-0.4, -0.2) is 17.6 Å². The lowest BCUT2D eigenvalue weighted by Gasteiger charge is -2.00. The van der Waals surface area contributed by atoms with Crippen molar-refractivity contribution < 1.29 is 9.18 Å². The summed E-state index contributed by atoms with van der Waals surface area (Å²) >= 11 is 0. The van der Waals surface area contributed by atoms with Crippen molar-refractivity contribution in [3.05, 3.63) is 77.6 Å². The molecule has 122 valence electrons. The number of benzene rings is 2. The Labute approximate surface area is 139 Å². The van der Waals surface area contributed by atoms with E-state index in [2.05, 4.69) is 15.5 Å². The van der Waals surface area contributed by atoms with E-state index in [9.17, 15) is 9.18 Å². The second-order valence-corrected chi connectivity index (χ2v) is 4.91. The van der Waals surface area contributed by atoms with E-state index in [1.807, 2.05) is 30.3 Å². The normalized spacial score (nSPS) is 12.4. The minimum absolute atomic E-state index is 0.126.